The van der Waals surface area contributed by atoms with Gasteiger partial charge in [0.05, 0.1) is 12.5 Å². The summed E-state index contributed by atoms with van der Waals surface area (Å²) < 4.78 is 5.33. The predicted octanol–water partition coefficient (Wildman–Crippen LogP) is 3.71. The molecule has 0 saturated heterocycles. The standard InChI is InChI=1S/C19H25NO3/c1-4-6-13-18(21)20-17(16-11-8-7-9-12-16)14-19(22)23-15(3)10-5-2/h4-5,7-9,11-12,15,17H,1-2,6,10,13-14H2,3H3,(H,20,21)/t15-,17+/m0/s1. The van der Waals surface area contributed by atoms with E-state index in [4.69, 9.17) is 4.74 Å². The Kier molecular flexibility index (Phi) is 8.43. The van der Waals surface area contributed by atoms with Gasteiger partial charge >= 0.3 is 5.97 Å². The average Bonchev–Trinajstić information content (AvgIpc) is 2.53. The van der Waals surface area contributed by atoms with E-state index in [0.29, 0.717) is 19.3 Å². The van der Waals surface area contributed by atoms with Crippen LogP contribution in [0.25, 0.3) is 0 Å². The van der Waals surface area contributed by atoms with Crippen molar-refractivity contribution in [3.8, 4) is 0 Å². The molecule has 0 heterocycles. The zero-order valence-electron chi connectivity index (χ0n) is 13.7. The van der Waals surface area contributed by atoms with Crippen molar-refractivity contribution in [2.45, 2.75) is 44.8 Å². The SMILES string of the molecule is C=CCCC(=O)N[C@H](CC(=O)O[C@@H](C)CC=C)c1ccccc1. The van der Waals surface area contributed by atoms with E-state index in [2.05, 4.69) is 18.5 Å². The highest BCUT2D eigenvalue weighted by atomic mass is 16.5. The number of amides is 1. The summed E-state index contributed by atoms with van der Waals surface area (Å²) in [6, 6.07) is 9.04. The van der Waals surface area contributed by atoms with Crippen molar-refractivity contribution < 1.29 is 14.3 Å². The third-order valence-electron chi connectivity index (χ3n) is 3.31. The highest BCUT2D eigenvalue weighted by Gasteiger charge is 2.20. The molecule has 0 aliphatic rings. The first-order chi connectivity index (χ1) is 11.1. The lowest BCUT2D eigenvalue weighted by atomic mass is 10.0. The Morgan fingerprint density at radius 2 is 1.91 bits per heavy atom. The highest BCUT2D eigenvalue weighted by molar-refractivity contribution is 5.78. The summed E-state index contributed by atoms with van der Waals surface area (Å²) >= 11 is 0. The van der Waals surface area contributed by atoms with Gasteiger partial charge in [-0.3, -0.25) is 9.59 Å². The van der Waals surface area contributed by atoms with Gasteiger partial charge in [0.25, 0.3) is 0 Å². The lowest BCUT2D eigenvalue weighted by Gasteiger charge is -2.20. The van der Waals surface area contributed by atoms with Crippen molar-refractivity contribution >= 4 is 11.9 Å². The van der Waals surface area contributed by atoms with Crippen molar-refractivity contribution in [3.05, 3.63) is 61.2 Å². The van der Waals surface area contributed by atoms with Crippen LogP contribution in [0.2, 0.25) is 0 Å². The van der Waals surface area contributed by atoms with Crippen molar-refractivity contribution in [2.75, 3.05) is 0 Å². The topological polar surface area (TPSA) is 55.4 Å². The number of ether oxygens (including phenoxy) is 1. The van der Waals surface area contributed by atoms with Gasteiger partial charge in [-0.2, -0.15) is 0 Å². The van der Waals surface area contributed by atoms with Crippen molar-refractivity contribution in [3.63, 3.8) is 0 Å². The van der Waals surface area contributed by atoms with E-state index in [1.165, 1.54) is 0 Å². The van der Waals surface area contributed by atoms with Crippen LogP contribution in [0.15, 0.2) is 55.6 Å². The quantitative estimate of drug-likeness (QED) is 0.529. The summed E-state index contributed by atoms with van der Waals surface area (Å²) in [5.41, 5.74) is 0.882. The molecule has 4 heteroatoms. The molecule has 0 aromatic heterocycles. The molecule has 2 atom stereocenters. The van der Waals surface area contributed by atoms with Crippen LogP contribution in [0.4, 0.5) is 0 Å². The van der Waals surface area contributed by atoms with Crippen LogP contribution in [-0.2, 0) is 14.3 Å². The van der Waals surface area contributed by atoms with E-state index >= 15 is 0 Å². The normalized spacial score (nSPS) is 12.7. The Morgan fingerprint density at radius 3 is 2.52 bits per heavy atom. The minimum atomic E-state index is -0.392. The zero-order valence-corrected chi connectivity index (χ0v) is 13.7. The van der Waals surface area contributed by atoms with E-state index in [0.717, 1.165) is 5.56 Å². The molecule has 4 nitrogen and oxygen atoms in total. The van der Waals surface area contributed by atoms with Crippen LogP contribution in [0.1, 0.15) is 44.2 Å². The van der Waals surface area contributed by atoms with E-state index in [-0.39, 0.29) is 24.4 Å². The number of carbonyl (C=O) groups excluding carboxylic acids is 2. The number of nitrogens with one attached hydrogen (secondary N) is 1. The second kappa shape index (κ2) is 10.4. The Bertz CT molecular complexity index is 525. The largest absolute Gasteiger partial charge is 0.462 e. The van der Waals surface area contributed by atoms with Crippen LogP contribution in [0.5, 0.6) is 0 Å². The third kappa shape index (κ3) is 7.45. The first-order valence-corrected chi connectivity index (χ1v) is 7.82. The summed E-state index contributed by atoms with van der Waals surface area (Å²) in [7, 11) is 0. The van der Waals surface area contributed by atoms with Crippen LogP contribution >= 0.6 is 0 Å². The van der Waals surface area contributed by atoms with Crippen molar-refractivity contribution in [1.29, 1.82) is 0 Å². The number of esters is 1. The summed E-state index contributed by atoms with van der Waals surface area (Å²) in [4.78, 5) is 24.1. The highest BCUT2D eigenvalue weighted by Crippen LogP contribution is 2.18. The summed E-state index contributed by atoms with van der Waals surface area (Å²) in [6.45, 7) is 9.05. The van der Waals surface area contributed by atoms with Gasteiger partial charge in [0, 0.05) is 12.8 Å². The average molecular weight is 315 g/mol. The van der Waals surface area contributed by atoms with E-state index < -0.39 is 6.04 Å². The summed E-state index contributed by atoms with van der Waals surface area (Å²) in [5.74, 6) is -0.442. The second-order valence-electron chi connectivity index (χ2n) is 5.39. The molecular weight excluding hydrogens is 290 g/mol. The molecule has 0 radical (unpaired) electrons. The maximum absolute atomic E-state index is 12.1. The number of benzene rings is 1. The number of carbonyl (C=O) groups is 2. The van der Waals surface area contributed by atoms with Gasteiger partial charge in [0.2, 0.25) is 5.91 Å². The van der Waals surface area contributed by atoms with Gasteiger partial charge in [0.1, 0.15) is 6.10 Å². The molecule has 0 aliphatic carbocycles. The monoisotopic (exact) mass is 315 g/mol. The third-order valence-corrected chi connectivity index (χ3v) is 3.31. The zero-order chi connectivity index (χ0) is 17.1. The fraction of sp³-hybridized carbons (Fsp3) is 0.368. The number of hydrogen-bond acceptors (Lipinski definition) is 3. The molecule has 23 heavy (non-hydrogen) atoms. The summed E-state index contributed by atoms with van der Waals surface area (Å²) in [5, 5.41) is 2.90. The van der Waals surface area contributed by atoms with Crippen molar-refractivity contribution in [2.24, 2.45) is 0 Å². The van der Waals surface area contributed by atoms with Gasteiger partial charge in [-0.15, -0.1) is 13.2 Å². The first-order valence-electron chi connectivity index (χ1n) is 7.82. The van der Waals surface area contributed by atoms with Crippen LogP contribution in [-0.4, -0.2) is 18.0 Å². The van der Waals surface area contributed by atoms with Crippen LogP contribution in [0.3, 0.4) is 0 Å². The van der Waals surface area contributed by atoms with Gasteiger partial charge in [-0.1, -0.05) is 42.5 Å². The maximum atomic E-state index is 12.1. The second-order valence-corrected chi connectivity index (χ2v) is 5.39. The molecule has 1 amide bonds. The van der Waals surface area contributed by atoms with E-state index in [1.807, 2.05) is 37.3 Å². The molecule has 0 bridgehead atoms. The molecule has 1 aromatic rings. The van der Waals surface area contributed by atoms with Crippen LogP contribution in [0, 0.1) is 0 Å². The molecule has 0 unspecified atom stereocenters. The maximum Gasteiger partial charge on any atom is 0.308 e. The molecule has 0 spiro atoms. The minimum Gasteiger partial charge on any atom is -0.462 e. The van der Waals surface area contributed by atoms with Gasteiger partial charge < -0.3 is 10.1 Å². The van der Waals surface area contributed by atoms with E-state index in [9.17, 15) is 9.59 Å². The Morgan fingerprint density at radius 1 is 1.22 bits per heavy atom. The fourth-order valence-electron chi connectivity index (χ4n) is 2.16. The van der Waals surface area contributed by atoms with Crippen molar-refractivity contribution in [1.82, 2.24) is 5.32 Å². The molecule has 1 rings (SSSR count). The molecule has 1 N–H and O–H groups in total. The molecular formula is C19H25NO3. The smallest absolute Gasteiger partial charge is 0.308 e. The number of rotatable bonds is 10. The molecule has 1 aromatic carbocycles. The van der Waals surface area contributed by atoms with Gasteiger partial charge in [-0.25, -0.2) is 0 Å². The predicted molar refractivity (Wildman–Crippen MR) is 91.7 cm³/mol. The first kappa shape index (κ1) is 18.7. The molecule has 0 fully saturated rings. The Balaban J connectivity index is 2.71. The lowest BCUT2D eigenvalue weighted by molar-refractivity contribution is -0.148. The van der Waals surface area contributed by atoms with Crippen LogP contribution < -0.4 is 5.32 Å². The number of allylic oxidation sites excluding steroid dienone is 1. The van der Waals surface area contributed by atoms with E-state index in [1.54, 1.807) is 12.2 Å². The molecule has 124 valence electrons. The number of hydrogen-bond donors (Lipinski definition) is 1. The van der Waals surface area contributed by atoms with Gasteiger partial charge in [0.15, 0.2) is 0 Å². The van der Waals surface area contributed by atoms with Gasteiger partial charge in [-0.05, 0) is 18.9 Å². The summed E-state index contributed by atoms with van der Waals surface area (Å²) in [6.07, 6.45) is 4.86. The Labute approximate surface area is 138 Å². The minimum absolute atomic E-state index is 0.103. The molecule has 0 saturated carbocycles. The molecule has 0 aliphatic heterocycles. The lowest BCUT2D eigenvalue weighted by Crippen LogP contribution is -2.31. The fourth-order valence-corrected chi connectivity index (χ4v) is 2.16. The Hall–Kier alpha value is -2.36.